The van der Waals surface area contributed by atoms with E-state index in [4.69, 9.17) is 11.6 Å². The highest BCUT2D eigenvalue weighted by atomic mass is 35.5. The van der Waals surface area contributed by atoms with Crippen LogP contribution in [-0.4, -0.2) is 17.9 Å². The molecule has 1 aromatic heterocycles. The topological polar surface area (TPSA) is 66.5 Å². The molecule has 0 fully saturated rings. The summed E-state index contributed by atoms with van der Waals surface area (Å²) in [6, 6.07) is 31.4. The summed E-state index contributed by atoms with van der Waals surface area (Å²) in [7, 11) is 0. The third-order valence-electron chi connectivity index (χ3n) is 6.71. The lowest BCUT2D eigenvalue weighted by atomic mass is 9.81. The van der Waals surface area contributed by atoms with Gasteiger partial charge in [-0.3, -0.25) is 19.3 Å². The Kier molecular flexibility index (Phi) is 6.27. The summed E-state index contributed by atoms with van der Waals surface area (Å²) in [5.41, 5.74) is 2.07. The summed E-state index contributed by atoms with van der Waals surface area (Å²) >= 11 is 7.58. The second-order valence-electron chi connectivity index (χ2n) is 9.00. The molecule has 5 aromatic rings. The number of nitrogens with one attached hydrogen (secondary N) is 1. The standard InChI is InChI=1S/C31H21ClN2O3S/c32-21-17-15-19(16-18-21)25-26-28(35)23-13-7-8-14-24(23)38-31(26)34(22-11-5-2-6-12-22)30(37)27(25)33-29(36)20-9-3-1-4-10-20/h1-18,25,27H,(H,33,36)/t25-,27-/m1/s1. The van der Waals surface area contributed by atoms with E-state index in [1.54, 1.807) is 47.4 Å². The van der Waals surface area contributed by atoms with Crippen LogP contribution >= 0.6 is 22.9 Å². The predicted molar refractivity (Wildman–Crippen MR) is 153 cm³/mol. The lowest BCUT2D eigenvalue weighted by molar-refractivity contribution is -0.120. The van der Waals surface area contributed by atoms with Gasteiger partial charge in [-0.1, -0.05) is 72.3 Å². The Labute approximate surface area is 227 Å². The van der Waals surface area contributed by atoms with Crippen molar-refractivity contribution in [2.24, 2.45) is 0 Å². The minimum absolute atomic E-state index is 0.165. The first kappa shape index (κ1) is 24.1. The number of carbonyl (C=O) groups excluding carboxylic acids is 2. The van der Waals surface area contributed by atoms with Gasteiger partial charge in [-0.05, 0) is 54.1 Å². The Hall–Kier alpha value is -4.26. The van der Waals surface area contributed by atoms with Gasteiger partial charge in [0.05, 0.1) is 0 Å². The van der Waals surface area contributed by atoms with Gasteiger partial charge in [0.1, 0.15) is 11.0 Å². The maximum Gasteiger partial charge on any atom is 0.255 e. The molecule has 186 valence electrons. The number of nitrogens with zero attached hydrogens (tertiary/aromatic N) is 1. The molecular formula is C31H21ClN2O3S. The van der Waals surface area contributed by atoms with Gasteiger partial charge < -0.3 is 5.32 Å². The highest BCUT2D eigenvalue weighted by molar-refractivity contribution is 7.22. The predicted octanol–water partition coefficient (Wildman–Crippen LogP) is 6.52. The molecule has 1 aliphatic rings. The van der Waals surface area contributed by atoms with Crippen LogP contribution in [0.25, 0.3) is 10.1 Å². The third-order valence-corrected chi connectivity index (χ3v) is 8.14. The first-order chi connectivity index (χ1) is 18.5. The van der Waals surface area contributed by atoms with E-state index in [0.29, 0.717) is 32.2 Å². The summed E-state index contributed by atoms with van der Waals surface area (Å²) in [5, 5.41) is 4.63. The largest absolute Gasteiger partial charge is 0.339 e. The van der Waals surface area contributed by atoms with Gasteiger partial charge in [0, 0.05) is 37.8 Å². The molecule has 4 aromatic carbocycles. The number of carbonyl (C=O) groups is 2. The van der Waals surface area contributed by atoms with Gasteiger partial charge in [-0.2, -0.15) is 0 Å². The Morgan fingerprint density at radius 1 is 0.789 bits per heavy atom. The number of halogens is 1. The number of amides is 2. The van der Waals surface area contributed by atoms with Crippen LogP contribution in [0.4, 0.5) is 10.7 Å². The minimum atomic E-state index is -1.03. The number of para-hydroxylation sites is 1. The zero-order valence-electron chi connectivity index (χ0n) is 20.0. The Morgan fingerprint density at radius 3 is 2.13 bits per heavy atom. The Bertz CT molecular complexity index is 1720. The SMILES string of the molecule is O=C(N[C@H]1C(=O)N(c2ccccc2)c2sc3ccccc3c(=O)c2[C@H]1c1ccc(Cl)cc1)c1ccccc1. The molecule has 0 bridgehead atoms. The fourth-order valence-electron chi connectivity index (χ4n) is 4.94. The summed E-state index contributed by atoms with van der Waals surface area (Å²) in [6.07, 6.45) is 0. The van der Waals surface area contributed by atoms with E-state index in [1.807, 2.05) is 66.7 Å². The smallest absolute Gasteiger partial charge is 0.255 e. The van der Waals surface area contributed by atoms with Crippen molar-refractivity contribution < 1.29 is 9.59 Å². The zero-order chi connectivity index (χ0) is 26.2. The van der Waals surface area contributed by atoms with Crippen LogP contribution in [0.2, 0.25) is 5.02 Å². The molecule has 2 atom stereocenters. The molecule has 38 heavy (non-hydrogen) atoms. The second kappa shape index (κ2) is 9.89. The number of anilines is 2. The first-order valence-corrected chi connectivity index (χ1v) is 13.3. The zero-order valence-corrected chi connectivity index (χ0v) is 21.6. The van der Waals surface area contributed by atoms with Crippen molar-refractivity contribution in [1.29, 1.82) is 0 Å². The average molecular weight is 537 g/mol. The van der Waals surface area contributed by atoms with E-state index in [0.717, 1.165) is 10.3 Å². The lowest BCUT2D eigenvalue weighted by Crippen LogP contribution is -2.54. The monoisotopic (exact) mass is 536 g/mol. The van der Waals surface area contributed by atoms with E-state index < -0.39 is 17.9 Å². The van der Waals surface area contributed by atoms with E-state index >= 15 is 0 Å². The van der Waals surface area contributed by atoms with Crippen molar-refractivity contribution in [3.05, 3.63) is 141 Å². The number of rotatable bonds is 4. The van der Waals surface area contributed by atoms with Crippen molar-refractivity contribution in [2.45, 2.75) is 12.0 Å². The highest BCUT2D eigenvalue weighted by Gasteiger charge is 2.45. The average Bonchev–Trinajstić information content (AvgIpc) is 2.95. The fraction of sp³-hybridized carbons (Fsp3) is 0.0645. The maximum atomic E-state index is 14.3. The molecule has 5 nitrogen and oxygen atoms in total. The summed E-state index contributed by atoms with van der Waals surface area (Å²) in [5.74, 6) is -1.43. The molecule has 2 amide bonds. The molecular weight excluding hydrogens is 516 g/mol. The molecule has 1 N–H and O–H groups in total. The number of fused-ring (bicyclic) bond motifs is 2. The summed E-state index contributed by atoms with van der Waals surface area (Å²) in [4.78, 5) is 43.4. The Balaban J connectivity index is 1.62. The molecule has 0 spiro atoms. The molecule has 7 heteroatoms. The number of hydrogen-bond donors (Lipinski definition) is 1. The lowest BCUT2D eigenvalue weighted by Gasteiger charge is -2.39. The molecule has 1 aliphatic heterocycles. The van der Waals surface area contributed by atoms with Crippen molar-refractivity contribution in [2.75, 3.05) is 4.90 Å². The second-order valence-corrected chi connectivity index (χ2v) is 10.5. The van der Waals surface area contributed by atoms with Gasteiger partial charge in [0.2, 0.25) is 0 Å². The van der Waals surface area contributed by atoms with Crippen molar-refractivity contribution >= 4 is 55.5 Å². The highest BCUT2D eigenvalue weighted by Crippen LogP contribution is 2.46. The van der Waals surface area contributed by atoms with Crippen LogP contribution in [0.15, 0.2) is 114 Å². The van der Waals surface area contributed by atoms with Gasteiger partial charge in [-0.15, -0.1) is 11.3 Å². The first-order valence-electron chi connectivity index (χ1n) is 12.1. The number of hydrogen-bond acceptors (Lipinski definition) is 4. The summed E-state index contributed by atoms with van der Waals surface area (Å²) in [6.45, 7) is 0. The maximum absolute atomic E-state index is 14.3. The molecule has 0 unspecified atom stereocenters. The van der Waals surface area contributed by atoms with Crippen molar-refractivity contribution in [3.8, 4) is 0 Å². The van der Waals surface area contributed by atoms with Gasteiger partial charge in [0.15, 0.2) is 5.43 Å². The van der Waals surface area contributed by atoms with Crippen LogP contribution in [0.1, 0.15) is 27.4 Å². The molecule has 0 saturated heterocycles. The fourth-order valence-corrected chi connectivity index (χ4v) is 6.31. The molecule has 2 heterocycles. The van der Waals surface area contributed by atoms with Gasteiger partial charge in [0.25, 0.3) is 11.8 Å². The van der Waals surface area contributed by atoms with E-state index in [1.165, 1.54) is 11.3 Å². The molecule has 0 saturated carbocycles. The van der Waals surface area contributed by atoms with E-state index in [2.05, 4.69) is 5.32 Å². The van der Waals surface area contributed by atoms with Gasteiger partial charge >= 0.3 is 0 Å². The number of benzene rings is 4. The van der Waals surface area contributed by atoms with Crippen molar-refractivity contribution in [1.82, 2.24) is 5.32 Å². The quantitative estimate of drug-likeness (QED) is 0.284. The van der Waals surface area contributed by atoms with Crippen LogP contribution < -0.4 is 15.6 Å². The van der Waals surface area contributed by atoms with Gasteiger partial charge in [-0.25, -0.2) is 0 Å². The van der Waals surface area contributed by atoms with Crippen LogP contribution in [-0.2, 0) is 4.79 Å². The van der Waals surface area contributed by atoms with E-state index in [-0.39, 0.29) is 11.3 Å². The molecule has 0 aliphatic carbocycles. The minimum Gasteiger partial charge on any atom is -0.339 e. The third kappa shape index (κ3) is 4.18. The van der Waals surface area contributed by atoms with E-state index in [9.17, 15) is 14.4 Å². The Morgan fingerprint density at radius 2 is 1.42 bits per heavy atom. The van der Waals surface area contributed by atoms with Crippen molar-refractivity contribution in [3.63, 3.8) is 0 Å². The van der Waals surface area contributed by atoms with Crippen LogP contribution in [0, 0.1) is 0 Å². The van der Waals surface area contributed by atoms with Crippen LogP contribution in [0.5, 0.6) is 0 Å². The molecule has 0 radical (unpaired) electrons. The molecule has 6 rings (SSSR count). The normalized spacial score (nSPS) is 16.8. The summed E-state index contributed by atoms with van der Waals surface area (Å²) < 4.78 is 0.784. The van der Waals surface area contributed by atoms with Crippen LogP contribution in [0.3, 0.4) is 0 Å².